The van der Waals surface area contributed by atoms with E-state index in [1.54, 1.807) is 29.2 Å². The molecule has 9 heteroatoms. The summed E-state index contributed by atoms with van der Waals surface area (Å²) in [5.74, 6) is -0.513. The van der Waals surface area contributed by atoms with Crippen molar-refractivity contribution in [3.8, 4) is 0 Å². The number of aliphatic hydroxyl groups excluding tert-OH is 4. The number of carbonyl (C=O) groups is 2. The maximum absolute atomic E-state index is 13.2. The average molecular weight is 378 g/mol. The number of benzene rings is 1. The highest BCUT2D eigenvalue weighted by molar-refractivity contribution is 6.11. The normalized spacial score (nSPS) is 36.4. The van der Waals surface area contributed by atoms with Crippen molar-refractivity contribution in [1.82, 2.24) is 4.90 Å². The minimum Gasteiger partial charge on any atom is -0.388 e. The lowest BCUT2D eigenvalue weighted by molar-refractivity contribution is -0.279. The largest absolute Gasteiger partial charge is 0.388 e. The van der Waals surface area contributed by atoms with Gasteiger partial charge in [0.1, 0.15) is 30.5 Å². The van der Waals surface area contributed by atoms with Gasteiger partial charge < -0.3 is 35.0 Å². The lowest BCUT2D eigenvalue weighted by atomic mass is 9.98. The summed E-state index contributed by atoms with van der Waals surface area (Å²) in [7, 11) is 0. The van der Waals surface area contributed by atoms with Crippen molar-refractivity contribution in [2.24, 2.45) is 0 Å². The lowest BCUT2D eigenvalue weighted by Gasteiger charge is -2.40. The van der Waals surface area contributed by atoms with Crippen molar-refractivity contribution in [1.29, 1.82) is 0 Å². The second-order valence-corrected chi connectivity index (χ2v) is 7.16. The third kappa shape index (κ3) is 2.91. The molecule has 3 aliphatic rings. The van der Waals surface area contributed by atoms with Crippen molar-refractivity contribution in [2.75, 3.05) is 18.0 Å². The first-order valence-corrected chi connectivity index (χ1v) is 8.99. The van der Waals surface area contributed by atoms with Crippen molar-refractivity contribution in [2.45, 2.75) is 49.6 Å². The molecule has 1 aromatic rings. The van der Waals surface area contributed by atoms with E-state index in [1.165, 1.54) is 4.90 Å². The summed E-state index contributed by atoms with van der Waals surface area (Å²) in [6.07, 6.45) is -6.29. The van der Waals surface area contributed by atoms with Crippen LogP contribution >= 0.6 is 0 Å². The number of fused-ring (bicyclic) bond motifs is 2. The molecule has 3 aliphatic heterocycles. The van der Waals surface area contributed by atoms with Crippen LogP contribution in [0, 0.1) is 0 Å². The molecule has 27 heavy (non-hydrogen) atoms. The zero-order valence-electron chi connectivity index (χ0n) is 14.5. The summed E-state index contributed by atoms with van der Waals surface area (Å²) in [5.41, 5.74) is 0.773. The Morgan fingerprint density at radius 1 is 1.04 bits per heavy atom. The number of carbonyl (C=O) groups excluding carboxylic acids is 2. The Hall–Kier alpha value is -2.04. The zero-order chi connectivity index (χ0) is 19.3. The summed E-state index contributed by atoms with van der Waals surface area (Å²) >= 11 is 0. The highest BCUT2D eigenvalue weighted by Crippen LogP contribution is 2.33. The van der Waals surface area contributed by atoms with Crippen LogP contribution in [0.4, 0.5) is 5.69 Å². The molecule has 3 heterocycles. The number of hydrogen-bond acceptors (Lipinski definition) is 7. The van der Waals surface area contributed by atoms with Gasteiger partial charge in [0, 0.05) is 6.54 Å². The molecule has 0 spiro atoms. The molecule has 0 saturated carbocycles. The van der Waals surface area contributed by atoms with Gasteiger partial charge in [-0.25, -0.2) is 0 Å². The molecule has 9 nitrogen and oxygen atoms in total. The van der Waals surface area contributed by atoms with E-state index in [2.05, 4.69) is 0 Å². The Balaban J connectivity index is 1.69. The molecule has 1 unspecified atom stereocenters. The van der Waals surface area contributed by atoms with Gasteiger partial charge in [-0.2, -0.15) is 0 Å². The molecule has 146 valence electrons. The van der Waals surface area contributed by atoms with Crippen LogP contribution in [-0.4, -0.2) is 87.0 Å². The van der Waals surface area contributed by atoms with Crippen LogP contribution in [0.3, 0.4) is 0 Å². The molecule has 2 saturated heterocycles. The van der Waals surface area contributed by atoms with Gasteiger partial charge >= 0.3 is 0 Å². The minimum atomic E-state index is -1.68. The van der Waals surface area contributed by atoms with E-state index in [0.717, 1.165) is 6.42 Å². The van der Waals surface area contributed by atoms with Gasteiger partial charge in [0.25, 0.3) is 5.91 Å². The molecule has 0 aromatic heterocycles. The quantitative estimate of drug-likeness (QED) is 0.489. The van der Waals surface area contributed by atoms with Gasteiger partial charge in [0.05, 0.1) is 17.8 Å². The lowest BCUT2D eigenvalue weighted by Crippen LogP contribution is -2.61. The average Bonchev–Trinajstić information content (AvgIpc) is 3.14. The molecule has 4 rings (SSSR count). The maximum atomic E-state index is 13.2. The van der Waals surface area contributed by atoms with Crippen LogP contribution in [0.2, 0.25) is 0 Å². The summed E-state index contributed by atoms with van der Waals surface area (Å²) in [4.78, 5) is 29.0. The molecular formula is C18H22N2O7. The van der Waals surface area contributed by atoms with Crippen molar-refractivity contribution in [3.63, 3.8) is 0 Å². The Morgan fingerprint density at radius 2 is 1.78 bits per heavy atom. The Morgan fingerprint density at radius 3 is 2.56 bits per heavy atom. The first-order valence-electron chi connectivity index (χ1n) is 8.99. The maximum Gasteiger partial charge on any atom is 0.256 e. The number of nitrogens with zero attached hydrogens (tertiary/aromatic N) is 2. The SMILES string of the molecule is O=C1C2CCCN2C(=O)c2ccccc2N1C[C@H]1O[C@@H](O)[C@H](O)[C@@H](O)[C@@H]1O. The van der Waals surface area contributed by atoms with Gasteiger partial charge in [-0.15, -0.1) is 0 Å². The number of para-hydroxylation sites is 1. The molecule has 0 bridgehead atoms. The number of hydrogen-bond donors (Lipinski definition) is 4. The van der Waals surface area contributed by atoms with E-state index in [9.17, 15) is 30.0 Å². The fourth-order valence-corrected chi connectivity index (χ4v) is 4.06. The van der Waals surface area contributed by atoms with Crippen LogP contribution in [-0.2, 0) is 9.53 Å². The molecule has 2 amide bonds. The van der Waals surface area contributed by atoms with E-state index >= 15 is 0 Å². The van der Waals surface area contributed by atoms with E-state index < -0.39 is 36.7 Å². The molecule has 0 aliphatic carbocycles. The number of ether oxygens (including phenoxy) is 1. The summed E-state index contributed by atoms with van der Waals surface area (Å²) in [6, 6.07) is 6.11. The summed E-state index contributed by atoms with van der Waals surface area (Å²) in [5, 5.41) is 39.6. The number of rotatable bonds is 2. The fourth-order valence-electron chi connectivity index (χ4n) is 4.06. The predicted octanol–water partition coefficient (Wildman–Crippen LogP) is -1.56. The van der Waals surface area contributed by atoms with E-state index in [-0.39, 0.29) is 18.4 Å². The van der Waals surface area contributed by atoms with Gasteiger partial charge in [0.15, 0.2) is 6.29 Å². The summed E-state index contributed by atoms with van der Waals surface area (Å²) < 4.78 is 5.23. The Kier molecular flexibility index (Phi) is 4.65. The highest BCUT2D eigenvalue weighted by atomic mass is 16.6. The fraction of sp³-hybridized carbons (Fsp3) is 0.556. The monoisotopic (exact) mass is 378 g/mol. The van der Waals surface area contributed by atoms with Crippen LogP contribution in [0.25, 0.3) is 0 Å². The smallest absolute Gasteiger partial charge is 0.256 e. The highest BCUT2D eigenvalue weighted by Gasteiger charge is 2.47. The summed E-state index contributed by atoms with van der Waals surface area (Å²) in [6.45, 7) is 0.332. The topological polar surface area (TPSA) is 131 Å². The second kappa shape index (κ2) is 6.84. The standard InChI is InChI=1S/C18H22N2O7/c21-13-12(27-18(26)15(23)14(13)22)8-20-10-5-2-1-4-9(10)16(24)19-7-3-6-11(19)17(20)25/h1-2,4-5,11-15,18,21-23,26H,3,6-8H2/t11?,12-,13-,14+,15-,18-/m1/s1. The Bertz CT molecular complexity index is 757. The van der Waals surface area contributed by atoms with Gasteiger partial charge in [-0.1, -0.05) is 12.1 Å². The number of amides is 2. The number of aliphatic hydroxyl groups is 4. The van der Waals surface area contributed by atoms with E-state index in [4.69, 9.17) is 4.74 Å². The van der Waals surface area contributed by atoms with Crippen LogP contribution in [0.15, 0.2) is 24.3 Å². The van der Waals surface area contributed by atoms with Crippen molar-refractivity contribution >= 4 is 17.5 Å². The second-order valence-electron chi connectivity index (χ2n) is 7.16. The molecule has 6 atom stereocenters. The van der Waals surface area contributed by atoms with Crippen LogP contribution in [0.1, 0.15) is 23.2 Å². The first-order chi connectivity index (χ1) is 12.9. The zero-order valence-corrected chi connectivity index (χ0v) is 14.5. The third-order valence-electron chi connectivity index (χ3n) is 5.54. The number of anilines is 1. The molecule has 2 fully saturated rings. The van der Waals surface area contributed by atoms with E-state index in [1.807, 2.05) is 0 Å². The molecule has 1 aromatic carbocycles. The minimum absolute atomic E-state index is 0.171. The first kappa shape index (κ1) is 18.3. The molecule has 0 radical (unpaired) electrons. The van der Waals surface area contributed by atoms with Gasteiger partial charge in [-0.05, 0) is 25.0 Å². The van der Waals surface area contributed by atoms with Crippen LogP contribution in [0.5, 0.6) is 0 Å². The van der Waals surface area contributed by atoms with Gasteiger partial charge in [0.2, 0.25) is 5.91 Å². The third-order valence-corrected chi connectivity index (χ3v) is 5.54. The van der Waals surface area contributed by atoms with Crippen molar-refractivity contribution < 1.29 is 34.8 Å². The Labute approximate surface area is 155 Å². The van der Waals surface area contributed by atoms with Crippen LogP contribution < -0.4 is 4.90 Å². The van der Waals surface area contributed by atoms with Gasteiger partial charge in [-0.3, -0.25) is 9.59 Å². The van der Waals surface area contributed by atoms with E-state index in [0.29, 0.717) is 24.2 Å². The molecular weight excluding hydrogens is 356 g/mol. The molecule has 4 N–H and O–H groups in total. The van der Waals surface area contributed by atoms with Crippen molar-refractivity contribution in [3.05, 3.63) is 29.8 Å². The predicted molar refractivity (Wildman–Crippen MR) is 91.8 cm³/mol.